The smallest absolute Gasteiger partial charge is 0.169 e. The van der Waals surface area contributed by atoms with Crippen molar-refractivity contribution in [3.63, 3.8) is 0 Å². The van der Waals surface area contributed by atoms with Crippen LogP contribution >= 0.6 is 22.7 Å². The number of nitrogens with zero attached hydrogens (tertiary/aromatic N) is 4. The molecule has 4 heterocycles. The first-order chi connectivity index (χ1) is 22.8. The average Bonchev–Trinajstić information content (AvgIpc) is 3.81. The normalized spacial score (nSPS) is 18.3. The molecule has 248 valence electrons. The number of carbonyl (C=O) groups excluding carboxylic acids is 2. The molecule has 0 radical (unpaired) electrons. The van der Waals surface area contributed by atoms with Crippen LogP contribution in [0.1, 0.15) is 38.3 Å². The Balaban J connectivity index is 1.18. The standard InChI is InChI=1S/C36H39F3N4O2S2/c37-30-3-1-2-26(18-30)21-40-8-10-42(11-9-40)23-32(36(45)28-7-17-47-25-28)34(20-35(44)27-6-16-46-24-27)43-14-12-41(13-15-43)22-29-19-31(38)4-5-33(29)39/h1-7,16-19,24-25,32,34H,8-15,20-23H2. The Hall–Kier alpha value is -3.19. The third kappa shape index (κ3) is 8.84. The molecule has 0 bridgehead atoms. The fourth-order valence-electron chi connectivity index (χ4n) is 6.71. The maximum absolute atomic E-state index is 14.4. The third-order valence-corrected chi connectivity index (χ3v) is 10.7. The zero-order valence-electron chi connectivity index (χ0n) is 26.2. The summed E-state index contributed by atoms with van der Waals surface area (Å²) in [4.78, 5) is 36.9. The van der Waals surface area contributed by atoms with Crippen LogP contribution in [0.2, 0.25) is 0 Å². The van der Waals surface area contributed by atoms with Gasteiger partial charge >= 0.3 is 0 Å². The molecule has 4 aromatic rings. The molecule has 2 unspecified atom stereocenters. The number of Topliss-reactive ketones (excluding diaryl/α,β-unsaturated/α-hetero) is 2. The summed E-state index contributed by atoms with van der Waals surface area (Å²) in [5.41, 5.74) is 2.59. The molecule has 2 aromatic carbocycles. The molecule has 47 heavy (non-hydrogen) atoms. The van der Waals surface area contributed by atoms with Gasteiger partial charge in [0.2, 0.25) is 0 Å². The van der Waals surface area contributed by atoms with E-state index in [1.54, 1.807) is 12.1 Å². The van der Waals surface area contributed by atoms with Gasteiger partial charge in [-0.1, -0.05) is 12.1 Å². The summed E-state index contributed by atoms with van der Waals surface area (Å²) in [6.45, 7) is 7.04. The highest BCUT2D eigenvalue weighted by molar-refractivity contribution is 7.08. The van der Waals surface area contributed by atoms with Crippen LogP contribution < -0.4 is 0 Å². The summed E-state index contributed by atoms with van der Waals surface area (Å²) in [5.74, 6) is -1.50. The van der Waals surface area contributed by atoms with Crippen LogP contribution in [0.25, 0.3) is 0 Å². The summed E-state index contributed by atoms with van der Waals surface area (Å²) in [6, 6.07) is 13.6. The van der Waals surface area contributed by atoms with Gasteiger partial charge in [-0.2, -0.15) is 22.7 Å². The van der Waals surface area contributed by atoms with Crippen molar-refractivity contribution in [3.8, 4) is 0 Å². The van der Waals surface area contributed by atoms with Crippen LogP contribution in [0.5, 0.6) is 0 Å². The molecule has 2 aliphatic rings. The quantitative estimate of drug-likeness (QED) is 0.155. The van der Waals surface area contributed by atoms with Crippen molar-refractivity contribution in [1.29, 1.82) is 0 Å². The minimum atomic E-state index is -0.461. The highest BCUT2D eigenvalue weighted by atomic mass is 32.1. The molecule has 0 amide bonds. The number of hydrogen-bond acceptors (Lipinski definition) is 8. The number of hydrogen-bond donors (Lipinski definition) is 0. The van der Waals surface area contributed by atoms with Crippen LogP contribution in [-0.4, -0.2) is 96.1 Å². The summed E-state index contributed by atoms with van der Waals surface area (Å²) in [7, 11) is 0. The second-order valence-corrected chi connectivity index (χ2v) is 14.0. The molecule has 2 saturated heterocycles. The minimum absolute atomic E-state index is 0.0172. The van der Waals surface area contributed by atoms with Gasteiger partial charge in [-0.3, -0.25) is 24.3 Å². The topological polar surface area (TPSA) is 47.1 Å². The fraction of sp³-hybridized carbons (Fsp3) is 0.389. The number of carbonyl (C=O) groups is 2. The van der Waals surface area contributed by atoms with Gasteiger partial charge < -0.3 is 4.90 Å². The van der Waals surface area contributed by atoms with Crippen molar-refractivity contribution in [1.82, 2.24) is 19.6 Å². The van der Waals surface area contributed by atoms with Gasteiger partial charge in [0.1, 0.15) is 17.5 Å². The van der Waals surface area contributed by atoms with Gasteiger partial charge in [0, 0.05) is 112 Å². The second kappa shape index (κ2) is 15.8. The van der Waals surface area contributed by atoms with Gasteiger partial charge in [-0.05, 0) is 58.8 Å². The molecule has 6 rings (SSSR count). The molecular weight excluding hydrogens is 642 g/mol. The van der Waals surface area contributed by atoms with Crippen LogP contribution in [0, 0.1) is 23.4 Å². The number of piperazine rings is 2. The van der Waals surface area contributed by atoms with E-state index < -0.39 is 17.6 Å². The lowest BCUT2D eigenvalue weighted by atomic mass is 9.85. The largest absolute Gasteiger partial charge is 0.300 e. The van der Waals surface area contributed by atoms with Crippen molar-refractivity contribution >= 4 is 34.2 Å². The number of rotatable bonds is 13. The van der Waals surface area contributed by atoms with Crippen LogP contribution in [-0.2, 0) is 13.1 Å². The molecule has 6 nitrogen and oxygen atoms in total. The Morgan fingerprint density at radius 3 is 2.02 bits per heavy atom. The Labute approximate surface area is 282 Å². The van der Waals surface area contributed by atoms with Crippen LogP contribution in [0.15, 0.2) is 76.1 Å². The van der Waals surface area contributed by atoms with Crippen LogP contribution in [0.3, 0.4) is 0 Å². The van der Waals surface area contributed by atoms with Gasteiger partial charge in [0.15, 0.2) is 11.6 Å². The first kappa shape index (κ1) is 33.7. The fourth-order valence-corrected chi connectivity index (χ4v) is 8.02. The SMILES string of the molecule is O=C(CC(C(CN1CCN(Cc2cccc(F)c2)CC1)C(=O)c1ccsc1)N1CCN(Cc2cc(F)ccc2F)CC1)c1ccsc1. The summed E-state index contributed by atoms with van der Waals surface area (Å²) < 4.78 is 42.0. The van der Waals surface area contributed by atoms with Crippen molar-refractivity contribution in [2.75, 3.05) is 58.9 Å². The zero-order chi connectivity index (χ0) is 32.8. The lowest BCUT2D eigenvalue weighted by Gasteiger charge is -2.44. The summed E-state index contributed by atoms with van der Waals surface area (Å²) in [6.07, 6.45) is 0.218. The molecular formula is C36H39F3N4O2S2. The Morgan fingerprint density at radius 2 is 1.34 bits per heavy atom. The lowest BCUT2D eigenvalue weighted by Crippen LogP contribution is -2.56. The first-order valence-corrected chi connectivity index (χ1v) is 17.9. The van der Waals surface area contributed by atoms with Gasteiger partial charge in [0.25, 0.3) is 0 Å². The van der Waals surface area contributed by atoms with E-state index in [4.69, 9.17) is 0 Å². The Kier molecular flexibility index (Phi) is 11.3. The van der Waals surface area contributed by atoms with Crippen LogP contribution in [0.4, 0.5) is 13.2 Å². The first-order valence-electron chi connectivity index (χ1n) is 16.0. The van der Waals surface area contributed by atoms with Crippen molar-refractivity contribution in [3.05, 3.63) is 116 Å². The minimum Gasteiger partial charge on any atom is -0.300 e. The maximum Gasteiger partial charge on any atom is 0.169 e. The maximum atomic E-state index is 14.4. The third-order valence-electron chi connectivity index (χ3n) is 9.34. The lowest BCUT2D eigenvalue weighted by molar-refractivity contribution is 0.0357. The molecule has 2 atom stereocenters. The van der Waals surface area contributed by atoms with E-state index in [0.717, 1.165) is 43.9 Å². The molecule has 2 aromatic heterocycles. The van der Waals surface area contributed by atoms with E-state index in [2.05, 4.69) is 19.6 Å². The molecule has 0 aliphatic carbocycles. The Bertz CT molecular complexity index is 1620. The summed E-state index contributed by atoms with van der Waals surface area (Å²) in [5, 5.41) is 7.54. The second-order valence-electron chi connectivity index (χ2n) is 12.4. The number of thiophene rings is 2. The molecule has 0 saturated carbocycles. The molecule has 2 aliphatic heterocycles. The van der Waals surface area contributed by atoms with E-state index in [1.807, 2.05) is 39.7 Å². The predicted octanol–water partition coefficient (Wildman–Crippen LogP) is 6.30. The number of benzene rings is 2. The van der Waals surface area contributed by atoms with E-state index in [1.165, 1.54) is 34.8 Å². The van der Waals surface area contributed by atoms with E-state index in [-0.39, 0.29) is 29.8 Å². The molecule has 0 spiro atoms. The highest BCUT2D eigenvalue weighted by Gasteiger charge is 2.38. The van der Waals surface area contributed by atoms with Gasteiger partial charge in [-0.15, -0.1) is 0 Å². The molecule has 0 N–H and O–H groups in total. The zero-order valence-corrected chi connectivity index (χ0v) is 27.8. The number of halogens is 3. The predicted molar refractivity (Wildman–Crippen MR) is 181 cm³/mol. The average molecular weight is 681 g/mol. The van der Waals surface area contributed by atoms with E-state index in [0.29, 0.717) is 62.5 Å². The van der Waals surface area contributed by atoms with Gasteiger partial charge in [0.05, 0.1) is 5.92 Å². The van der Waals surface area contributed by atoms with Gasteiger partial charge in [-0.25, -0.2) is 13.2 Å². The van der Waals surface area contributed by atoms with Crippen molar-refractivity contribution in [2.24, 2.45) is 5.92 Å². The number of ketones is 2. The highest BCUT2D eigenvalue weighted by Crippen LogP contribution is 2.27. The summed E-state index contributed by atoms with van der Waals surface area (Å²) >= 11 is 2.96. The van der Waals surface area contributed by atoms with E-state index in [9.17, 15) is 22.8 Å². The molecule has 11 heteroatoms. The van der Waals surface area contributed by atoms with E-state index >= 15 is 0 Å². The molecule has 2 fully saturated rings. The Morgan fingerprint density at radius 1 is 0.702 bits per heavy atom. The van der Waals surface area contributed by atoms with Crippen molar-refractivity contribution < 1.29 is 22.8 Å². The van der Waals surface area contributed by atoms with Crippen molar-refractivity contribution in [2.45, 2.75) is 25.6 Å². The monoisotopic (exact) mass is 680 g/mol.